The maximum Gasteiger partial charge on any atom is 0.149 e. The number of rotatable bonds is 3. The number of carbonyl (C=O) groups is 1. The Bertz CT molecular complexity index is 330. The fourth-order valence-electron chi connectivity index (χ4n) is 1.15. The summed E-state index contributed by atoms with van der Waals surface area (Å²) in [6.07, 6.45) is 0.579. The van der Waals surface area contributed by atoms with Gasteiger partial charge < -0.3 is 5.73 Å². The summed E-state index contributed by atoms with van der Waals surface area (Å²) in [7, 11) is 0. The molecule has 0 spiro atoms. The van der Waals surface area contributed by atoms with Gasteiger partial charge in [-0.25, -0.2) is 0 Å². The molecule has 2 N–H and O–H groups in total. The van der Waals surface area contributed by atoms with Gasteiger partial charge in [-0.1, -0.05) is 28.1 Å². The number of halogens is 1. The molecule has 3 heteroatoms. The molecule has 1 aromatic rings. The molecule has 0 fully saturated rings. The van der Waals surface area contributed by atoms with Crippen LogP contribution in [0, 0.1) is 0 Å². The van der Waals surface area contributed by atoms with Crippen molar-refractivity contribution < 1.29 is 4.79 Å². The summed E-state index contributed by atoms with van der Waals surface area (Å²) in [5.41, 5.74) is 6.19. The maximum atomic E-state index is 11.2. The Balaban J connectivity index is 2.79. The number of hydrogen-bond donors (Lipinski definition) is 1. The van der Waals surface area contributed by atoms with Crippen molar-refractivity contribution in [2.75, 3.05) is 0 Å². The lowest BCUT2D eigenvalue weighted by molar-refractivity contribution is -0.121. The van der Waals surface area contributed by atoms with Crippen molar-refractivity contribution in [3.05, 3.63) is 34.3 Å². The molecule has 0 heterocycles. The van der Waals surface area contributed by atoms with Crippen molar-refractivity contribution in [3.8, 4) is 0 Å². The molecule has 1 aromatic carbocycles. The number of hydrogen-bond acceptors (Lipinski definition) is 2. The number of benzene rings is 1. The van der Waals surface area contributed by atoms with Gasteiger partial charge >= 0.3 is 0 Å². The van der Waals surface area contributed by atoms with Gasteiger partial charge in [0.25, 0.3) is 0 Å². The van der Waals surface area contributed by atoms with E-state index in [1.54, 1.807) is 6.92 Å². The number of ketones is 1. The van der Waals surface area contributed by atoms with Gasteiger partial charge in [0, 0.05) is 4.47 Å². The number of nitrogens with two attached hydrogens (primary N) is 1. The van der Waals surface area contributed by atoms with E-state index in [1.807, 2.05) is 24.3 Å². The van der Waals surface area contributed by atoms with Gasteiger partial charge in [-0.2, -0.15) is 0 Å². The second kappa shape index (κ2) is 4.24. The molecular weight excluding hydrogens is 242 g/mol. The van der Waals surface area contributed by atoms with Crippen molar-refractivity contribution in [2.24, 2.45) is 5.73 Å². The molecule has 0 aliphatic heterocycles. The Labute approximate surface area is 92.6 Å². The summed E-state index contributed by atoms with van der Waals surface area (Å²) in [6.45, 7) is 3.29. The second-order valence-electron chi connectivity index (χ2n) is 3.78. The minimum Gasteiger partial charge on any atom is -0.319 e. The maximum absolute atomic E-state index is 11.2. The second-order valence-corrected chi connectivity index (χ2v) is 4.69. The zero-order chi connectivity index (χ0) is 10.8. The van der Waals surface area contributed by atoms with Crippen molar-refractivity contribution in [3.63, 3.8) is 0 Å². The van der Waals surface area contributed by atoms with Gasteiger partial charge in [-0.15, -0.1) is 0 Å². The third kappa shape index (κ3) is 2.93. The molecule has 0 aliphatic rings. The molecule has 0 saturated heterocycles. The van der Waals surface area contributed by atoms with Crippen LogP contribution in [-0.2, 0) is 11.2 Å². The first-order valence-corrected chi connectivity index (χ1v) is 5.25. The van der Waals surface area contributed by atoms with Crippen molar-refractivity contribution in [1.29, 1.82) is 0 Å². The highest BCUT2D eigenvalue weighted by atomic mass is 79.9. The van der Waals surface area contributed by atoms with Crippen LogP contribution in [0.3, 0.4) is 0 Å². The Kier molecular flexibility index (Phi) is 3.45. The average molecular weight is 256 g/mol. The first-order chi connectivity index (χ1) is 6.42. The predicted molar refractivity (Wildman–Crippen MR) is 61.1 cm³/mol. The Morgan fingerprint density at radius 2 is 1.93 bits per heavy atom. The molecule has 1 unspecified atom stereocenters. The smallest absolute Gasteiger partial charge is 0.149 e. The molecule has 2 nitrogen and oxygen atoms in total. The summed E-state index contributed by atoms with van der Waals surface area (Å²) in [5.74, 6) is 0.0143. The minimum absolute atomic E-state index is 0.0143. The van der Waals surface area contributed by atoms with E-state index in [9.17, 15) is 4.79 Å². The standard InChI is InChI=1S/C11H14BrNO/c1-8(14)11(2,13)7-9-3-5-10(12)6-4-9/h3-6H,7,13H2,1-2H3. The molecule has 0 radical (unpaired) electrons. The SMILES string of the molecule is CC(=O)C(C)(N)Cc1ccc(Br)cc1. The van der Waals surface area contributed by atoms with Crippen LogP contribution in [0.15, 0.2) is 28.7 Å². The fourth-order valence-corrected chi connectivity index (χ4v) is 1.42. The topological polar surface area (TPSA) is 43.1 Å². The van der Waals surface area contributed by atoms with Crippen LogP contribution in [0.4, 0.5) is 0 Å². The van der Waals surface area contributed by atoms with E-state index in [0.717, 1.165) is 10.0 Å². The monoisotopic (exact) mass is 255 g/mol. The van der Waals surface area contributed by atoms with Crippen molar-refractivity contribution >= 4 is 21.7 Å². The lowest BCUT2D eigenvalue weighted by Crippen LogP contribution is -2.45. The van der Waals surface area contributed by atoms with Crippen LogP contribution in [0.25, 0.3) is 0 Å². The summed E-state index contributed by atoms with van der Waals surface area (Å²) in [4.78, 5) is 11.2. The molecule has 0 bridgehead atoms. The molecule has 0 aromatic heterocycles. The van der Waals surface area contributed by atoms with Gasteiger partial charge in [0.15, 0.2) is 0 Å². The Hall–Kier alpha value is -0.670. The molecule has 76 valence electrons. The quantitative estimate of drug-likeness (QED) is 0.901. The first-order valence-electron chi connectivity index (χ1n) is 4.46. The van der Waals surface area contributed by atoms with Crippen LogP contribution in [0.5, 0.6) is 0 Å². The van der Waals surface area contributed by atoms with E-state index in [1.165, 1.54) is 6.92 Å². The average Bonchev–Trinajstić information content (AvgIpc) is 2.08. The van der Waals surface area contributed by atoms with Crippen LogP contribution in [0.2, 0.25) is 0 Å². The van der Waals surface area contributed by atoms with E-state index < -0.39 is 5.54 Å². The van der Waals surface area contributed by atoms with Gasteiger partial charge in [0.2, 0.25) is 0 Å². The molecule has 1 atom stereocenters. The highest BCUT2D eigenvalue weighted by Gasteiger charge is 2.24. The third-order valence-corrected chi connectivity index (χ3v) is 2.82. The van der Waals surface area contributed by atoms with Gasteiger partial charge in [0.05, 0.1) is 5.54 Å². The van der Waals surface area contributed by atoms with Gasteiger partial charge in [-0.05, 0) is 38.0 Å². The lowest BCUT2D eigenvalue weighted by atomic mass is 9.90. The highest BCUT2D eigenvalue weighted by Crippen LogP contribution is 2.15. The van der Waals surface area contributed by atoms with Crippen molar-refractivity contribution in [1.82, 2.24) is 0 Å². The number of carbonyl (C=O) groups excluding carboxylic acids is 1. The fraction of sp³-hybridized carbons (Fsp3) is 0.364. The molecular formula is C11H14BrNO. The van der Waals surface area contributed by atoms with E-state index in [4.69, 9.17) is 5.73 Å². The van der Waals surface area contributed by atoms with E-state index >= 15 is 0 Å². The summed E-state index contributed by atoms with van der Waals surface area (Å²) in [5, 5.41) is 0. The molecule has 0 aliphatic carbocycles. The van der Waals surface area contributed by atoms with Crippen LogP contribution in [0.1, 0.15) is 19.4 Å². The van der Waals surface area contributed by atoms with Crippen LogP contribution in [-0.4, -0.2) is 11.3 Å². The predicted octanol–water partition coefficient (Wildman–Crippen LogP) is 2.30. The Morgan fingerprint density at radius 3 is 2.36 bits per heavy atom. The largest absolute Gasteiger partial charge is 0.319 e. The third-order valence-electron chi connectivity index (χ3n) is 2.29. The summed E-state index contributed by atoms with van der Waals surface area (Å²) in [6, 6.07) is 7.84. The zero-order valence-electron chi connectivity index (χ0n) is 8.38. The number of Topliss-reactive ketones (excluding diaryl/α,β-unsaturated/α-hetero) is 1. The summed E-state index contributed by atoms with van der Waals surface area (Å²) < 4.78 is 1.03. The van der Waals surface area contributed by atoms with Crippen LogP contribution >= 0.6 is 15.9 Å². The molecule has 1 rings (SSSR count). The van der Waals surface area contributed by atoms with Crippen LogP contribution < -0.4 is 5.73 Å². The van der Waals surface area contributed by atoms with Gasteiger partial charge in [-0.3, -0.25) is 4.79 Å². The zero-order valence-corrected chi connectivity index (χ0v) is 9.97. The first kappa shape index (κ1) is 11.4. The molecule has 0 amide bonds. The molecule has 14 heavy (non-hydrogen) atoms. The Morgan fingerprint density at radius 1 is 1.43 bits per heavy atom. The van der Waals surface area contributed by atoms with E-state index in [2.05, 4.69) is 15.9 Å². The normalized spacial score (nSPS) is 14.9. The summed E-state index contributed by atoms with van der Waals surface area (Å²) >= 11 is 3.36. The van der Waals surface area contributed by atoms with E-state index in [-0.39, 0.29) is 5.78 Å². The van der Waals surface area contributed by atoms with E-state index in [0.29, 0.717) is 6.42 Å². The lowest BCUT2D eigenvalue weighted by Gasteiger charge is -2.20. The molecule has 0 saturated carbocycles. The highest BCUT2D eigenvalue weighted by molar-refractivity contribution is 9.10. The van der Waals surface area contributed by atoms with Gasteiger partial charge in [0.1, 0.15) is 5.78 Å². The minimum atomic E-state index is -0.756. The van der Waals surface area contributed by atoms with Crippen molar-refractivity contribution in [2.45, 2.75) is 25.8 Å².